The highest BCUT2D eigenvalue weighted by molar-refractivity contribution is 7.70. The molecule has 2 saturated heterocycles. The fraction of sp³-hybridized carbons (Fsp3) is 0.393. The van der Waals surface area contributed by atoms with Crippen LogP contribution in [0.15, 0.2) is 42.6 Å². The molecular weight excluding hydrogens is 535 g/mol. The molecule has 1 spiro atoms. The Morgan fingerprint density at radius 1 is 1.13 bits per heavy atom. The smallest absolute Gasteiger partial charge is 0.229 e. The van der Waals surface area contributed by atoms with Crippen LogP contribution in [0.5, 0.6) is 0 Å². The van der Waals surface area contributed by atoms with Gasteiger partial charge < -0.3 is 29.6 Å². The van der Waals surface area contributed by atoms with Crippen LogP contribution in [0.1, 0.15) is 30.9 Å². The van der Waals surface area contributed by atoms with Crippen molar-refractivity contribution < 1.29 is 14.0 Å². The Morgan fingerprint density at radius 3 is 2.51 bits per heavy atom. The number of nitrogens with zero attached hydrogens (tertiary/aromatic N) is 4. The fourth-order valence-electron chi connectivity index (χ4n) is 5.09. The maximum atomic E-state index is 12.8. The van der Waals surface area contributed by atoms with Gasteiger partial charge in [0.1, 0.15) is 18.2 Å². The Morgan fingerprint density at radius 2 is 1.85 bits per heavy atom. The summed E-state index contributed by atoms with van der Waals surface area (Å²) < 4.78 is 24.5. The summed E-state index contributed by atoms with van der Waals surface area (Å²) in [7, 11) is -2.54. The molecule has 0 radical (unpaired) electrons. The zero-order chi connectivity index (χ0) is 27.6. The van der Waals surface area contributed by atoms with Crippen LogP contribution in [0, 0.1) is 11.3 Å². The zero-order valence-electron chi connectivity index (χ0n) is 22.3. The molecule has 2 aliphatic rings. The number of ether oxygens (including phenoxy) is 2. The van der Waals surface area contributed by atoms with Gasteiger partial charge in [-0.2, -0.15) is 10.2 Å². The second kappa shape index (κ2) is 11.1. The van der Waals surface area contributed by atoms with Crippen molar-refractivity contribution in [3.05, 3.63) is 58.7 Å². The summed E-state index contributed by atoms with van der Waals surface area (Å²) in [5, 5.41) is 17.4. The fourth-order valence-corrected chi connectivity index (χ4v) is 6.39. The number of nitrogens with one attached hydrogen (secondary N) is 2. The third-order valence-electron chi connectivity index (χ3n) is 7.13. The summed E-state index contributed by atoms with van der Waals surface area (Å²) in [6.07, 6.45) is 3.88. The third kappa shape index (κ3) is 5.90. The van der Waals surface area contributed by atoms with E-state index >= 15 is 0 Å². The van der Waals surface area contributed by atoms with Crippen molar-refractivity contribution in [1.82, 2.24) is 9.97 Å². The molecule has 0 atom stereocenters. The molecule has 0 saturated carbocycles. The molecule has 2 aliphatic heterocycles. The highest BCUT2D eigenvalue weighted by Gasteiger charge is 2.40. The summed E-state index contributed by atoms with van der Waals surface area (Å²) >= 11 is 6.41. The number of halogens is 1. The van der Waals surface area contributed by atoms with Crippen LogP contribution < -0.4 is 20.8 Å². The third-order valence-corrected chi connectivity index (χ3v) is 8.95. The van der Waals surface area contributed by atoms with Crippen molar-refractivity contribution in [1.29, 1.82) is 5.26 Å². The lowest BCUT2D eigenvalue weighted by atomic mass is 9.99. The van der Waals surface area contributed by atoms with Crippen molar-refractivity contribution in [3.8, 4) is 6.07 Å². The minimum Gasteiger partial charge on any atom is -0.371 e. The number of aromatic nitrogens is 2. The van der Waals surface area contributed by atoms with Crippen molar-refractivity contribution >= 4 is 52.9 Å². The van der Waals surface area contributed by atoms with Crippen LogP contribution in [-0.4, -0.2) is 55.4 Å². The summed E-state index contributed by atoms with van der Waals surface area (Å²) in [6, 6.07) is 13.6. The molecule has 11 heteroatoms. The number of hydrogen-bond donors (Lipinski definition) is 2. The van der Waals surface area contributed by atoms with E-state index in [9.17, 15) is 9.83 Å². The van der Waals surface area contributed by atoms with E-state index in [1.54, 1.807) is 13.3 Å². The van der Waals surface area contributed by atoms with Crippen molar-refractivity contribution in [2.75, 3.05) is 55.2 Å². The number of hydrogen-bond acceptors (Lipinski definition) is 9. The highest BCUT2D eigenvalue weighted by atomic mass is 35.5. The van der Waals surface area contributed by atoms with Crippen LogP contribution in [0.3, 0.4) is 0 Å². The number of piperidine rings is 1. The van der Waals surface area contributed by atoms with E-state index in [0.717, 1.165) is 43.6 Å². The largest absolute Gasteiger partial charge is 0.371 e. The van der Waals surface area contributed by atoms with Crippen LogP contribution >= 0.6 is 18.7 Å². The molecule has 39 heavy (non-hydrogen) atoms. The van der Waals surface area contributed by atoms with Crippen molar-refractivity contribution in [2.24, 2.45) is 0 Å². The number of benzene rings is 2. The number of nitriles is 1. The first-order valence-corrected chi connectivity index (χ1v) is 16.0. The molecule has 3 aromatic rings. The summed E-state index contributed by atoms with van der Waals surface area (Å²) in [5.74, 6) is 0.211. The summed E-state index contributed by atoms with van der Waals surface area (Å²) in [6.45, 7) is 8.42. The van der Waals surface area contributed by atoms with E-state index in [2.05, 4.69) is 38.5 Å². The number of anilines is 5. The molecule has 1 aromatic heterocycles. The van der Waals surface area contributed by atoms with Gasteiger partial charge in [-0.3, -0.25) is 0 Å². The highest BCUT2D eigenvalue weighted by Crippen LogP contribution is 2.39. The minimum atomic E-state index is -2.54. The summed E-state index contributed by atoms with van der Waals surface area (Å²) in [5.41, 5.74) is 3.95. The minimum absolute atomic E-state index is 0.289. The van der Waals surface area contributed by atoms with Crippen molar-refractivity contribution in [3.63, 3.8) is 0 Å². The first kappa shape index (κ1) is 27.4. The Balaban J connectivity index is 1.40. The van der Waals surface area contributed by atoms with Gasteiger partial charge in [-0.15, -0.1) is 0 Å². The first-order valence-electron chi connectivity index (χ1n) is 13.0. The number of para-hydroxylation sites is 1. The Kier molecular flexibility index (Phi) is 7.84. The second-order valence-corrected chi connectivity index (χ2v) is 13.7. The van der Waals surface area contributed by atoms with Crippen LogP contribution in [-0.2, 0) is 20.5 Å². The van der Waals surface area contributed by atoms with E-state index in [0.29, 0.717) is 46.3 Å². The molecule has 2 fully saturated rings. The zero-order valence-corrected chi connectivity index (χ0v) is 24.0. The maximum Gasteiger partial charge on any atom is 0.229 e. The lowest BCUT2D eigenvalue weighted by Gasteiger charge is -2.39. The van der Waals surface area contributed by atoms with Gasteiger partial charge in [0, 0.05) is 36.9 Å². The van der Waals surface area contributed by atoms with Crippen LogP contribution in [0.2, 0.25) is 5.02 Å². The maximum absolute atomic E-state index is 12.8. The van der Waals surface area contributed by atoms with E-state index in [4.69, 9.17) is 21.1 Å². The van der Waals surface area contributed by atoms with E-state index in [-0.39, 0.29) is 5.95 Å². The molecule has 0 aliphatic carbocycles. The molecule has 204 valence electrons. The number of aryl methyl sites for hydroxylation is 1. The molecule has 9 nitrogen and oxygen atoms in total. The Hall–Kier alpha value is -3.15. The van der Waals surface area contributed by atoms with Crippen LogP contribution in [0.4, 0.5) is 28.8 Å². The lowest BCUT2D eigenvalue weighted by Crippen LogP contribution is -2.45. The average Bonchev–Trinajstić information content (AvgIpc) is 3.38. The molecule has 5 rings (SSSR count). The first-order chi connectivity index (χ1) is 18.7. The molecule has 2 aromatic carbocycles. The van der Waals surface area contributed by atoms with Gasteiger partial charge in [0.15, 0.2) is 11.6 Å². The van der Waals surface area contributed by atoms with Gasteiger partial charge in [-0.1, -0.05) is 30.7 Å². The van der Waals surface area contributed by atoms with Crippen molar-refractivity contribution in [2.45, 2.75) is 32.0 Å². The predicted molar refractivity (Wildman–Crippen MR) is 156 cm³/mol. The average molecular weight is 567 g/mol. The molecular formula is C28H32ClN6O3P. The molecule has 3 heterocycles. The Bertz CT molecular complexity index is 1450. The van der Waals surface area contributed by atoms with Gasteiger partial charge >= 0.3 is 0 Å². The molecule has 0 bridgehead atoms. The van der Waals surface area contributed by atoms with Crippen LogP contribution in [0.25, 0.3) is 0 Å². The van der Waals surface area contributed by atoms with Gasteiger partial charge in [-0.05, 0) is 49.6 Å². The normalized spacial score (nSPS) is 16.7. The monoisotopic (exact) mass is 566 g/mol. The van der Waals surface area contributed by atoms with Gasteiger partial charge in [0.2, 0.25) is 5.95 Å². The lowest BCUT2D eigenvalue weighted by molar-refractivity contribution is -0.169. The molecule has 0 amide bonds. The summed E-state index contributed by atoms with van der Waals surface area (Å²) in [4.78, 5) is 11.2. The molecule has 0 unspecified atom stereocenters. The van der Waals surface area contributed by atoms with Gasteiger partial charge in [-0.25, -0.2) is 4.98 Å². The standard InChI is InChI=1S/C28H32ClN6O3P/c1-4-19-15-23(20(17-30)16-24(19)35-11-9-28(10-12-35)37-13-14-38-28)33-27-31-18-21(29)26(34-27)32-22-7-5-6-8-25(22)39(2,3)36/h5-8,15-16,18H,4,9-14H2,1-3H3,(H2,31,32,33,34). The van der Waals surface area contributed by atoms with E-state index in [1.807, 2.05) is 36.4 Å². The van der Waals surface area contributed by atoms with Gasteiger partial charge in [0.25, 0.3) is 0 Å². The topological polar surface area (TPSA) is 112 Å². The number of rotatable bonds is 7. The SMILES string of the molecule is CCc1cc(Nc2ncc(Cl)c(Nc3ccccc3P(C)(C)=O)n2)c(C#N)cc1N1CCC2(CC1)OCCO2. The predicted octanol–water partition coefficient (Wildman–Crippen LogP) is 5.64. The van der Waals surface area contributed by atoms with E-state index in [1.165, 1.54) is 6.20 Å². The second-order valence-electron chi connectivity index (χ2n) is 10.1. The van der Waals surface area contributed by atoms with Gasteiger partial charge in [0.05, 0.1) is 36.3 Å². The van der Waals surface area contributed by atoms with E-state index < -0.39 is 12.9 Å². The Labute approximate surface area is 233 Å². The molecule has 2 N–H and O–H groups in total. The quantitative estimate of drug-likeness (QED) is 0.351.